The van der Waals surface area contributed by atoms with Crippen molar-refractivity contribution in [1.82, 2.24) is 5.32 Å². The summed E-state index contributed by atoms with van der Waals surface area (Å²) in [6.45, 7) is 0.340. The Morgan fingerprint density at radius 1 is 1.10 bits per heavy atom. The van der Waals surface area contributed by atoms with Gasteiger partial charge in [-0.1, -0.05) is 41.4 Å². The number of hydrogen-bond donors (Lipinski definition) is 3. The van der Waals surface area contributed by atoms with E-state index in [-0.39, 0.29) is 6.03 Å². The van der Waals surface area contributed by atoms with Crippen LogP contribution in [0.3, 0.4) is 0 Å². The number of halogens is 2. The van der Waals surface area contributed by atoms with Gasteiger partial charge in [0.05, 0.1) is 0 Å². The van der Waals surface area contributed by atoms with E-state index in [1.54, 1.807) is 24.3 Å². The van der Waals surface area contributed by atoms with E-state index >= 15 is 0 Å². The molecule has 2 amide bonds. The van der Waals surface area contributed by atoms with Crippen LogP contribution < -0.4 is 16.4 Å². The third-order valence-corrected chi connectivity index (χ3v) is 3.05. The minimum absolute atomic E-state index is 0.340. The molecule has 4 nitrogen and oxygen atoms in total. The number of anilines is 2. The third kappa shape index (κ3) is 4.05. The first-order valence-electron chi connectivity index (χ1n) is 5.89. The van der Waals surface area contributed by atoms with Gasteiger partial charge in [-0.2, -0.15) is 0 Å². The van der Waals surface area contributed by atoms with Gasteiger partial charge in [-0.3, -0.25) is 0 Å². The fourth-order valence-corrected chi connectivity index (χ4v) is 2.20. The quantitative estimate of drug-likeness (QED) is 0.753. The maximum absolute atomic E-state index is 11.8. The molecule has 0 saturated heterocycles. The lowest BCUT2D eigenvalue weighted by Crippen LogP contribution is -2.28. The number of para-hydroxylation sites is 1. The second-order valence-corrected chi connectivity index (χ2v) is 5.04. The number of nitrogens with one attached hydrogen (secondary N) is 2. The highest BCUT2D eigenvalue weighted by Gasteiger charge is 2.05. The molecule has 20 heavy (non-hydrogen) atoms. The monoisotopic (exact) mass is 309 g/mol. The van der Waals surface area contributed by atoms with Gasteiger partial charge in [0.15, 0.2) is 0 Å². The first kappa shape index (κ1) is 14.5. The predicted molar refractivity (Wildman–Crippen MR) is 83.2 cm³/mol. The summed E-state index contributed by atoms with van der Waals surface area (Å²) in [5.74, 6) is 0. The Labute approximate surface area is 126 Å². The zero-order valence-electron chi connectivity index (χ0n) is 10.5. The molecule has 4 N–H and O–H groups in total. The molecule has 2 aromatic carbocycles. The Hall–Kier alpha value is -1.91. The lowest BCUT2D eigenvalue weighted by Gasteiger charge is -2.09. The third-order valence-electron chi connectivity index (χ3n) is 2.61. The molecule has 0 saturated carbocycles. The Morgan fingerprint density at radius 2 is 1.75 bits per heavy atom. The normalized spacial score (nSPS) is 10.1. The van der Waals surface area contributed by atoms with Crippen molar-refractivity contribution in [2.24, 2.45) is 0 Å². The van der Waals surface area contributed by atoms with E-state index < -0.39 is 0 Å². The number of nitrogen functional groups attached to an aromatic ring is 1. The Kier molecular flexibility index (Phi) is 4.71. The fourth-order valence-electron chi connectivity index (χ4n) is 1.67. The van der Waals surface area contributed by atoms with Crippen molar-refractivity contribution in [3.8, 4) is 0 Å². The maximum Gasteiger partial charge on any atom is 0.319 e. The molecular formula is C14H13Cl2N3O. The number of rotatable bonds is 3. The first-order chi connectivity index (χ1) is 9.54. The number of urea groups is 1. The van der Waals surface area contributed by atoms with E-state index in [1.165, 1.54) is 0 Å². The van der Waals surface area contributed by atoms with Crippen LogP contribution in [0.15, 0.2) is 42.5 Å². The van der Waals surface area contributed by atoms with Crippen molar-refractivity contribution in [2.75, 3.05) is 11.1 Å². The van der Waals surface area contributed by atoms with Gasteiger partial charge in [-0.25, -0.2) is 4.79 Å². The van der Waals surface area contributed by atoms with Gasteiger partial charge in [0, 0.05) is 28.0 Å². The summed E-state index contributed by atoms with van der Waals surface area (Å²) in [5, 5.41) is 6.28. The standard InChI is InChI=1S/C14H13Cl2N3O/c15-10-5-11(16)7-12(6-10)19-14(20)18-8-9-3-1-2-4-13(9)17/h1-7H,8,17H2,(H2,18,19,20). The number of nitrogens with two attached hydrogens (primary N) is 1. The lowest BCUT2D eigenvalue weighted by molar-refractivity contribution is 0.252. The summed E-state index contributed by atoms with van der Waals surface area (Å²) in [5.41, 5.74) is 7.81. The van der Waals surface area contributed by atoms with Gasteiger partial charge >= 0.3 is 6.03 Å². The number of amides is 2. The Morgan fingerprint density at radius 3 is 2.40 bits per heavy atom. The predicted octanol–water partition coefficient (Wildman–Crippen LogP) is 3.90. The molecule has 0 aliphatic rings. The van der Waals surface area contributed by atoms with Crippen molar-refractivity contribution in [1.29, 1.82) is 0 Å². The molecule has 2 aromatic rings. The molecule has 0 aliphatic carbocycles. The van der Waals surface area contributed by atoms with E-state index in [9.17, 15) is 4.79 Å². The molecule has 2 rings (SSSR count). The number of hydrogen-bond acceptors (Lipinski definition) is 2. The van der Waals surface area contributed by atoms with Gasteiger partial charge < -0.3 is 16.4 Å². The van der Waals surface area contributed by atoms with E-state index in [0.717, 1.165) is 5.56 Å². The topological polar surface area (TPSA) is 67.1 Å². The summed E-state index contributed by atoms with van der Waals surface area (Å²) in [4.78, 5) is 11.8. The molecule has 0 unspecified atom stereocenters. The van der Waals surface area contributed by atoms with Gasteiger partial charge in [-0.05, 0) is 29.8 Å². The van der Waals surface area contributed by atoms with E-state index in [1.807, 2.05) is 18.2 Å². The van der Waals surface area contributed by atoms with Crippen LogP contribution in [0.2, 0.25) is 10.0 Å². The van der Waals surface area contributed by atoms with E-state index in [2.05, 4.69) is 10.6 Å². The second-order valence-electron chi connectivity index (χ2n) is 4.16. The molecule has 104 valence electrons. The number of carbonyl (C=O) groups is 1. The molecule has 0 spiro atoms. The van der Waals surface area contributed by atoms with Crippen LogP contribution in [0.1, 0.15) is 5.56 Å². The molecule has 0 aromatic heterocycles. The Bertz CT molecular complexity index is 611. The molecule has 0 bridgehead atoms. The van der Waals surface area contributed by atoms with Crippen LogP contribution in [0.5, 0.6) is 0 Å². The molecule has 0 radical (unpaired) electrons. The average Bonchev–Trinajstić information content (AvgIpc) is 2.36. The molecule has 6 heteroatoms. The van der Waals surface area contributed by atoms with Crippen LogP contribution in [0, 0.1) is 0 Å². The number of benzene rings is 2. The molecule has 0 heterocycles. The largest absolute Gasteiger partial charge is 0.398 e. The van der Waals surface area contributed by atoms with Crippen LogP contribution in [-0.2, 0) is 6.54 Å². The van der Waals surface area contributed by atoms with Crippen LogP contribution in [0.25, 0.3) is 0 Å². The highest BCUT2D eigenvalue weighted by atomic mass is 35.5. The van der Waals surface area contributed by atoms with Gasteiger partial charge in [-0.15, -0.1) is 0 Å². The van der Waals surface area contributed by atoms with E-state index in [0.29, 0.717) is 28.0 Å². The van der Waals surface area contributed by atoms with Crippen molar-refractivity contribution in [3.63, 3.8) is 0 Å². The second kappa shape index (κ2) is 6.50. The average molecular weight is 310 g/mol. The summed E-state index contributed by atoms with van der Waals surface area (Å²) >= 11 is 11.7. The maximum atomic E-state index is 11.8. The molecule has 0 aliphatic heterocycles. The molecule has 0 atom stereocenters. The summed E-state index contributed by atoms with van der Waals surface area (Å²) in [7, 11) is 0. The van der Waals surface area contributed by atoms with Crippen LogP contribution in [-0.4, -0.2) is 6.03 Å². The van der Waals surface area contributed by atoms with Crippen molar-refractivity contribution >= 4 is 40.6 Å². The minimum atomic E-state index is -0.355. The highest BCUT2D eigenvalue weighted by Crippen LogP contribution is 2.22. The zero-order chi connectivity index (χ0) is 14.5. The van der Waals surface area contributed by atoms with Crippen molar-refractivity contribution in [2.45, 2.75) is 6.54 Å². The SMILES string of the molecule is Nc1ccccc1CNC(=O)Nc1cc(Cl)cc(Cl)c1. The fraction of sp³-hybridized carbons (Fsp3) is 0.0714. The summed E-state index contributed by atoms with van der Waals surface area (Å²) < 4.78 is 0. The Balaban J connectivity index is 1.94. The molecule has 0 fully saturated rings. The van der Waals surface area contributed by atoms with Crippen LogP contribution in [0.4, 0.5) is 16.2 Å². The van der Waals surface area contributed by atoms with Gasteiger partial charge in [0.1, 0.15) is 0 Å². The highest BCUT2D eigenvalue weighted by molar-refractivity contribution is 6.35. The minimum Gasteiger partial charge on any atom is -0.398 e. The van der Waals surface area contributed by atoms with Crippen molar-refractivity contribution in [3.05, 3.63) is 58.1 Å². The van der Waals surface area contributed by atoms with Crippen LogP contribution >= 0.6 is 23.2 Å². The van der Waals surface area contributed by atoms with Crippen molar-refractivity contribution < 1.29 is 4.79 Å². The zero-order valence-corrected chi connectivity index (χ0v) is 12.0. The molecular weight excluding hydrogens is 297 g/mol. The first-order valence-corrected chi connectivity index (χ1v) is 6.64. The lowest BCUT2D eigenvalue weighted by atomic mass is 10.2. The number of carbonyl (C=O) groups excluding carboxylic acids is 1. The smallest absolute Gasteiger partial charge is 0.319 e. The summed E-state index contributed by atoms with van der Waals surface area (Å²) in [6, 6.07) is 11.8. The van der Waals surface area contributed by atoms with Gasteiger partial charge in [0.2, 0.25) is 0 Å². The van der Waals surface area contributed by atoms with E-state index in [4.69, 9.17) is 28.9 Å². The van der Waals surface area contributed by atoms with Gasteiger partial charge in [0.25, 0.3) is 0 Å². The summed E-state index contributed by atoms with van der Waals surface area (Å²) in [6.07, 6.45) is 0.